The Labute approximate surface area is 162 Å². The highest BCUT2D eigenvalue weighted by Crippen LogP contribution is 2.32. The molecule has 4 aromatic rings. The Bertz CT molecular complexity index is 1120. The van der Waals surface area contributed by atoms with Gasteiger partial charge in [0.15, 0.2) is 6.29 Å². The highest BCUT2D eigenvalue weighted by Gasteiger charge is 2.20. The average molecular weight is 373 g/mol. The fourth-order valence-corrected chi connectivity index (χ4v) is 3.39. The Morgan fingerprint density at radius 1 is 0.889 bits per heavy atom. The van der Waals surface area contributed by atoms with Crippen LogP contribution in [0.25, 0.3) is 28.3 Å². The average Bonchev–Trinajstić information content (AvgIpc) is 3.08. The number of nitrogens with zero attached hydrogens (tertiary/aromatic N) is 2. The second-order valence-corrected chi connectivity index (χ2v) is 6.77. The van der Waals surface area contributed by atoms with Gasteiger partial charge < -0.3 is 0 Å². The molecule has 0 radical (unpaired) electrons. The molecule has 0 fully saturated rings. The number of aromatic nitrogens is 2. The summed E-state index contributed by atoms with van der Waals surface area (Å²) in [5.74, 6) is 0.710. The summed E-state index contributed by atoms with van der Waals surface area (Å²) in [6.45, 7) is 2.04. The van der Waals surface area contributed by atoms with E-state index in [0.29, 0.717) is 22.2 Å². The molecule has 1 heterocycles. The molecule has 4 heteroatoms. The number of aldehydes is 1. The Balaban J connectivity index is 2.05. The van der Waals surface area contributed by atoms with Gasteiger partial charge in [0, 0.05) is 21.8 Å². The fourth-order valence-electron chi connectivity index (χ4n) is 3.20. The zero-order valence-corrected chi connectivity index (χ0v) is 15.5. The van der Waals surface area contributed by atoms with E-state index in [1.807, 2.05) is 84.3 Å². The highest BCUT2D eigenvalue weighted by atomic mass is 35.5. The lowest BCUT2D eigenvalue weighted by Gasteiger charge is -2.11. The van der Waals surface area contributed by atoms with Crippen molar-refractivity contribution in [3.63, 3.8) is 0 Å². The van der Waals surface area contributed by atoms with Gasteiger partial charge >= 0.3 is 0 Å². The molecule has 0 bridgehead atoms. The van der Waals surface area contributed by atoms with Gasteiger partial charge in [0.05, 0.1) is 0 Å². The summed E-state index contributed by atoms with van der Waals surface area (Å²) in [5.41, 5.74) is 4.93. The first-order chi connectivity index (χ1) is 13.2. The SMILES string of the molecule is Cc1cccc(-c2nc(-c3ccccc3)c(C=O)n2-c2cccc(Cl)c2)c1. The zero-order valence-electron chi connectivity index (χ0n) is 14.8. The first kappa shape index (κ1) is 17.3. The van der Waals surface area contributed by atoms with Gasteiger partial charge in [0.2, 0.25) is 0 Å². The van der Waals surface area contributed by atoms with Crippen molar-refractivity contribution in [3.8, 4) is 28.3 Å². The number of aryl methyl sites for hydroxylation is 1. The van der Waals surface area contributed by atoms with Crippen LogP contribution in [0.1, 0.15) is 16.1 Å². The maximum atomic E-state index is 12.1. The Kier molecular flexibility index (Phi) is 4.61. The highest BCUT2D eigenvalue weighted by molar-refractivity contribution is 6.30. The maximum absolute atomic E-state index is 12.1. The third-order valence-corrected chi connectivity index (χ3v) is 4.65. The molecule has 3 nitrogen and oxygen atoms in total. The van der Waals surface area contributed by atoms with Gasteiger partial charge in [0.25, 0.3) is 0 Å². The van der Waals surface area contributed by atoms with E-state index in [2.05, 4.69) is 6.07 Å². The van der Waals surface area contributed by atoms with Gasteiger partial charge in [-0.1, -0.05) is 71.8 Å². The summed E-state index contributed by atoms with van der Waals surface area (Å²) in [6, 6.07) is 25.3. The van der Waals surface area contributed by atoms with Gasteiger partial charge in [-0.2, -0.15) is 0 Å². The smallest absolute Gasteiger partial charge is 0.169 e. The summed E-state index contributed by atoms with van der Waals surface area (Å²) < 4.78 is 1.87. The predicted molar refractivity (Wildman–Crippen MR) is 110 cm³/mol. The van der Waals surface area contributed by atoms with E-state index in [-0.39, 0.29) is 0 Å². The fraction of sp³-hybridized carbons (Fsp3) is 0.0435. The lowest BCUT2D eigenvalue weighted by Crippen LogP contribution is -2.02. The standard InChI is InChI=1S/C23H17ClN2O/c1-16-7-5-10-18(13-16)23-25-22(17-8-3-2-4-9-17)21(15-27)26(23)20-12-6-11-19(24)14-20/h2-15H,1H3. The van der Waals surface area contributed by atoms with Gasteiger partial charge in [-0.3, -0.25) is 9.36 Å². The molecule has 132 valence electrons. The summed E-state index contributed by atoms with van der Waals surface area (Å²) in [5, 5.41) is 0.606. The largest absolute Gasteiger partial charge is 0.296 e. The molecule has 0 atom stereocenters. The van der Waals surface area contributed by atoms with Gasteiger partial charge in [0.1, 0.15) is 17.2 Å². The number of imidazole rings is 1. The normalized spacial score (nSPS) is 10.7. The molecule has 0 aliphatic heterocycles. The van der Waals surface area contributed by atoms with Crippen LogP contribution in [0.2, 0.25) is 5.02 Å². The van der Waals surface area contributed by atoms with Gasteiger partial charge in [-0.15, -0.1) is 0 Å². The minimum absolute atomic E-state index is 0.500. The van der Waals surface area contributed by atoms with E-state index in [4.69, 9.17) is 16.6 Å². The van der Waals surface area contributed by atoms with E-state index in [1.54, 1.807) is 0 Å². The number of halogens is 1. The van der Waals surface area contributed by atoms with E-state index in [9.17, 15) is 4.79 Å². The number of hydrogen-bond acceptors (Lipinski definition) is 2. The molecule has 0 aliphatic carbocycles. The minimum Gasteiger partial charge on any atom is -0.296 e. The van der Waals surface area contributed by atoms with Crippen molar-refractivity contribution in [2.45, 2.75) is 6.92 Å². The van der Waals surface area contributed by atoms with Crippen LogP contribution in [0.4, 0.5) is 0 Å². The molecule has 4 rings (SSSR count). The van der Waals surface area contributed by atoms with Crippen LogP contribution in [0.5, 0.6) is 0 Å². The minimum atomic E-state index is 0.500. The van der Waals surface area contributed by atoms with Crippen molar-refractivity contribution in [1.82, 2.24) is 9.55 Å². The lowest BCUT2D eigenvalue weighted by molar-refractivity contribution is 0.111. The molecule has 0 saturated heterocycles. The summed E-state index contributed by atoms with van der Waals surface area (Å²) >= 11 is 6.22. The van der Waals surface area contributed by atoms with E-state index < -0.39 is 0 Å². The second-order valence-electron chi connectivity index (χ2n) is 6.34. The van der Waals surface area contributed by atoms with E-state index in [0.717, 1.165) is 28.7 Å². The molecule has 0 N–H and O–H groups in total. The predicted octanol–water partition coefficient (Wildman–Crippen LogP) is 5.98. The first-order valence-electron chi connectivity index (χ1n) is 8.63. The number of benzene rings is 3. The number of carbonyl (C=O) groups is 1. The molecule has 1 aromatic heterocycles. The number of rotatable bonds is 4. The third-order valence-electron chi connectivity index (χ3n) is 4.41. The molecule has 0 spiro atoms. The Morgan fingerprint density at radius 3 is 2.33 bits per heavy atom. The molecule has 0 unspecified atom stereocenters. The lowest BCUT2D eigenvalue weighted by atomic mass is 10.1. The van der Waals surface area contributed by atoms with Crippen LogP contribution in [-0.2, 0) is 0 Å². The molecule has 3 aromatic carbocycles. The monoisotopic (exact) mass is 372 g/mol. The quantitative estimate of drug-likeness (QED) is 0.413. The molecular weight excluding hydrogens is 356 g/mol. The summed E-state index contributed by atoms with van der Waals surface area (Å²) in [7, 11) is 0. The molecule has 0 aliphatic rings. The van der Waals surface area contributed by atoms with Crippen LogP contribution in [0.15, 0.2) is 78.9 Å². The van der Waals surface area contributed by atoms with Crippen molar-refractivity contribution in [3.05, 3.63) is 95.1 Å². The topological polar surface area (TPSA) is 34.9 Å². The van der Waals surface area contributed by atoms with Gasteiger partial charge in [-0.25, -0.2) is 4.98 Å². The van der Waals surface area contributed by atoms with E-state index >= 15 is 0 Å². The van der Waals surface area contributed by atoms with Crippen molar-refractivity contribution in [2.75, 3.05) is 0 Å². The van der Waals surface area contributed by atoms with Crippen LogP contribution >= 0.6 is 11.6 Å². The van der Waals surface area contributed by atoms with Crippen LogP contribution < -0.4 is 0 Å². The molecular formula is C23H17ClN2O. The van der Waals surface area contributed by atoms with E-state index in [1.165, 1.54) is 0 Å². The summed E-state index contributed by atoms with van der Waals surface area (Å²) in [6.07, 6.45) is 0.857. The summed E-state index contributed by atoms with van der Waals surface area (Å²) in [4.78, 5) is 17.0. The Morgan fingerprint density at radius 2 is 1.63 bits per heavy atom. The van der Waals surface area contributed by atoms with Gasteiger partial charge in [-0.05, 0) is 31.2 Å². The van der Waals surface area contributed by atoms with Crippen LogP contribution in [0.3, 0.4) is 0 Å². The van der Waals surface area contributed by atoms with Crippen LogP contribution in [0, 0.1) is 6.92 Å². The van der Waals surface area contributed by atoms with Crippen molar-refractivity contribution < 1.29 is 4.79 Å². The molecule has 0 amide bonds. The molecule has 27 heavy (non-hydrogen) atoms. The van der Waals surface area contributed by atoms with Crippen molar-refractivity contribution in [1.29, 1.82) is 0 Å². The first-order valence-corrected chi connectivity index (χ1v) is 9.01. The maximum Gasteiger partial charge on any atom is 0.169 e. The number of carbonyl (C=O) groups excluding carboxylic acids is 1. The molecule has 0 saturated carbocycles. The third kappa shape index (κ3) is 3.29. The Hall–Kier alpha value is -3.17. The second kappa shape index (κ2) is 7.22. The van der Waals surface area contributed by atoms with Crippen molar-refractivity contribution in [2.24, 2.45) is 0 Å². The number of hydrogen-bond donors (Lipinski definition) is 0. The van der Waals surface area contributed by atoms with Crippen LogP contribution in [-0.4, -0.2) is 15.8 Å². The zero-order chi connectivity index (χ0) is 18.8. The van der Waals surface area contributed by atoms with Crippen molar-refractivity contribution >= 4 is 17.9 Å².